The maximum atomic E-state index is 12.0. The van der Waals surface area contributed by atoms with E-state index in [1.165, 1.54) is 11.1 Å². The number of carbonyl (C=O) groups excluding carboxylic acids is 1. The van der Waals surface area contributed by atoms with Gasteiger partial charge in [0.2, 0.25) is 0 Å². The summed E-state index contributed by atoms with van der Waals surface area (Å²) in [6.45, 7) is 8.70. The van der Waals surface area contributed by atoms with Crippen LogP contribution in [0.1, 0.15) is 53.4 Å². The monoisotopic (exact) mass is 218 g/mol. The number of carbonyl (C=O) groups is 1. The molecule has 0 aromatic rings. The van der Waals surface area contributed by atoms with Crippen LogP contribution in [0, 0.1) is 10.8 Å². The molecule has 88 valence electrons. The summed E-state index contributed by atoms with van der Waals surface area (Å²) in [4.78, 5) is 12.0. The van der Waals surface area contributed by atoms with Crippen molar-refractivity contribution in [3.05, 3.63) is 23.3 Å². The van der Waals surface area contributed by atoms with Crippen molar-refractivity contribution in [3.8, 4) is 0 Å². The minimum absolute atomic E-state index is 0.0846. The molecule has 2 aliphatic rings. The Morgan fingerprint density at radius 3 is 2.19 bits per heavy atom. The van der Waals surface area contributed by atoms with Gasteiger partial charge in [-0.1, -0.05) is 44.1 Å². The molecule has 16 heavy (non-hydrogen) atoms. The largest absolute Gasteiger partial charge is 0.299 e. The summed E-state index contributed by atoms with van der Waals surface area (Å²) in [5.41, 5.74) is 2.84. The summed E-state index contributed by atoms with van der Waals surface area (Å²) in [6, 6.07) is 0. The number of ketones is 1. The van der Waals surface area contributed by atoms with Gasteiger partial charge in [-0.25, -0.2) is 0 Å². The first-order valence-corrected chi connectivity index (χ1v) is 6.28. The van der Waals surface area contributed by atoms with E-state index in [1.807, 2.05) is 0 Å². The lowest BCUT2D eigenvalue weighted by atomic mass is 9.63. The summed E-state index contributed by atoms with van der Waals surface area (Å²) in [7, 11) is 0. The molecule has 0 N–H and O–H groups in total. The second-order valence-corrected chi connectivity index (χ2v) is 6.09. The third-order valence-corrected chi connectivity index (χ3v) is 5.00. The molecule has 0 spiro atoms. The summed E-state index contributed by atoms with van der Waals surface area (Å²) in [5.74, 6) is 0.433. The summed E-state index contributed by atoms with van der Waals surface area (Å²) >= 11 is 0. The van der Waals surface area contributed by atoms with Crippen LogP contribution < -0.4 is 0 Å². The Balaban J connectivity index is 2.37. The highest BCUT2D eigenvalue weighted by molar-refractivity contribution is 5.88. The van der Waals surface area contributed by atoms with Crippen LogP contribution in [0.25, 0.3) is 0 Å². The molecule has 0 heterocycles. The van der Waals surface area contributed by atoms with Crippen molar-refractivity contribution in [3.63, 3.8) is 0 Å². The molecule has 0 aromatic heterocycles. The lowest BCUT2D eigenvalue weighted by Crippen LogP contribution is -2.36. The molecule has 0 aliphatic heterocycles. The predicted octanol–water partition coefficient (Wildman–Crippen LogP) is 4.05. The van der Waals surface area contributed by atoms with E-state index >= 15 is 0 Å². The quantitative estimate of drug-likeness (QED) is 0.649. The average Bonchev–Trinajstić information content (AvgIpc) is 2.44. The van der Waals surface area contributed by atoms with Crippen molar-refractivity contribution in [2.75, 3.05) is 0 Å². The van der Waals surface area contributed by atoms with Gasteiger partial charge >= 0.3 is 0 Å². The fourth-order valence-corrected chi connectivity index (χ4v) is 3.06. The minimum atomic E-state index is -0.183. The van der Waals surface area contributed by atoms with Crippen LogP contribution in [-0.2, 0) is 4.79 Å². The van der Waals surface area contributed by atoms with Crippen LogP contribution in [0.2, 0.25) is 0 Å². The van der Waals surface area contributed by atoms with E-state index in [9.17, 15) is 4.79 Å². The Hall–Kier alpha value is -0.850. The third kappa shape index (κ3) is 1.49. The Morgan fingerprint density at radius 1 is 1.06 bits per heavy atom. The molecule has 1 saturated carbocycles. The topological polar surface area (TPSA) is 17.1 Å². The van der Waals surface area contributed by atoms with E-state index in [4.69, 9.17) is 0 Å². The minimum Gasteiger partial charge on any atom is -0.299 e. The van der Waals surface area contributed by atoms with Gasteiger partial charge < -0.3 is 0 Å². The molecule has 2 aliphatic carbocycles. The van der Waals surface area contributed by atoms with Gasteiger partial charge in [-0.05, 0) is 26.2 Å². The first-order chi connectivity index (χ1) is 7.38. The van der Waals surface area contributed by atoms with Crippen LogP contribution in [0.3, 0.4) is 0 Å². The second-order valence-electron chi connectivity index (χ2n) is 6.09. The van der Waals surface area contributed by atoms with Gasteiger partial charge in [0.15, 0.2) is 0 Å². The molecule has 1 atom stereocenters. The fraction of sp³-hybridized carbons (Fsp3) is 0.667. The summed E-state index contributed by atoms with van der Waals surface area (Å²) < 4.78 is 0. The fourth-order valence-electron chi connectivity index (χ4n) is 3.06. The Kier molecular flexibility index (Phi) is 2.60. The van der Waals surface area contributed by atoms with E-state index in [1.54, 1.807) is 0 Å². The van der Waals surface area contributed by atoms with E-state index in [0.717, 1.165) is 25.7 Å². The van der Waals surface area contributed by atoms with Crippen LogP contribution in [-0.4, -0.2) is 5.78 Å². The van der Waals surface area contributed by atoms with Gasteiger partial charge in [-0.3, -0.25) is 4.79 Å². The molecule has 0 saturated heterocycles. The summed E-state index contributed by atoms with van der Waals surface area (Å²) in [6.07, 6.45) is 8.56. The van der Waals surface area contributed by atoms with Crippen molar-refractivity contribution in [2.45, 2.75) is 53.4 Å². The number of hydrogen-bond acceptors (Lipinski definition) is 1. The molecule has 2 rings (SSSR count). The van der Waals surface area contributed by atoms with E-state index in [2.05, 4.69) is 39.8 Å². The van der Waals surface area contributed by atoms with Crippen molar-refractivity contribution in [2.24, 2.45) is 10.8 Å². The van der Waals surface area contributed by atoms with Crippen LogP contribution in [0.15, 0.2) is 23.3 Å². The lowest BCUT2D eigenvalue weighted by Gasteiger charge is -2.40. The number of Topliss-reactive ketones (excluding diaryl/α,β-unsaturated/α-hetero) is 1. The van der Waals surface area contributed by atoms with Crippen molar-refractivity contribution in [1.29, 1.82) is 0 Å². The number of allylic oxidation sites excluding steroid dienone is 4. The van der Waals surface area contributed by atoms with Crippen LogP contribution in [0.4, 0.5) is 0 Å². The van der Waals surface area contributed by atoms with Gasteiger partial charge in [0.1, 0.15) is 5.78 Å². The van der Waals surface area contributed by atoms with Gasteiger partial charge in [0, 0.05) is 17.3 Å². The summed E-state index contributed by atoms with van der Waals surface area (Å²) in [5, 5.41) is 0. The normalized spacial score (nSPS) is 33.6. The van der Waals surface area contributed by atoms with Crippen LogP contribution in [0.5, 0.6) is 0 Å². The van der Waals surface area contributed by atoms with E-state index in [-0.39, 0.29) is 10.8 Å². The molecule has 1 fully saturated rings. The van der Waals surface area contributed by atoms with Crippen molar-refractivity contribution < 1.29 is 4.79 Å². The molecule has 1 unspecified atom stereocenters. The molecule has 0 amide bonds. The molecule has 1 nitrogen and oxygen atoms in total. The number of rotatable bonds is 1. The second kappa shape index (κ2) is 3.58. The Labute approximate surface area is 98.6 Å². The van der Waals surface area contributed by atoms with Gasteiger partial charge in [0.05, 0.1) is 0 Å². The Morgan fingerprint density at radius 2 is 1.75 bits per heavy atom. The number of hydrogen-bond donors (Lipinski definition) is 0. The van der Waals surface area contributed by atoms with Gasteiger partial charge in [-0.2, -0.15) is 0 Å². The SMILES string of the molecule is CC1=CC=C(C2(C)CCC(=O)C2(C)C)CC1. The highest BCUT2D eigenvalue weighted by atomic mass is 16.1. The zero-order chi connectivity index (χ0) is 12.0. The average molecular weight is 218 g/mol. The highest BCUT2D eigenvalue weighted by Crippen LogP contribution is 2.56. The van der Waals surface area contributed by atoms with E-state index in [0.29, 0.717) is 5.78 Å². The highest BCUT2D eigenvalue weighted by Gasteiger charge is 2.52. The predicted molar refractivity (Wildman–Crippen MR) is 67.2 cm³/mol. The first kappa shape index (κ1) is 11.6. The zero-order valence-electron chi connectivity index (χ0n) is 10.9. The zero-order valence-corrected chi connectivity index (χ0v) is 10.9. The Bertz CT molecular complexity index is 384. The molecular weight excluding hydrogens is 196 g/mol. The van der Waals surface area contributed by atoms with Gasteiger partial charge in [-0.15, -0.1) is 0 Å². The maximum Gasteiger partial charge on any atom is 0.139 e. The molecular formula is C15H22O. The first-order valence-electron chi connectivity index (χ1n) is 6.28. The van der Waals surface area contributed by atoms with Crippen LogP contribution >= 0.6 is 0 Å². The lowest BCUT2D eigenvalue weighted by molar-refractivity contribution is -0.126. The molecule has 0 aromatic carbocycles. The van der Waals surface area contributed by atoms with E-state index < -0.39 is 0 Å². The van der Waals surface area contributed by atoms with Crippen molar-refractivity contribution in [1.82, 2.24) is 0 Å². The molecule has 1 heteroatoms. The van der Waals surface area contributed by atoms with Gasteiger partial charge in [0.25, 0.3) is 0 Å². The maximum absolute atomic E-state index is 12.0. The third-order valence-electron chi connectivity index (χ3n) is 5.00. The smallest absolute Gasteiger partial charge is 0.139 e. The molecule has 0 bridgehead atoms. The standard InChI is InChI=1S/C15H22O/c1-11-5-7-12(8-6-11)15(4)10-9-13(16)14(15,2)3/h5,7H,6,8-10H2,1-4H3. The molecule has 0 radical (unpaired) electrons. The van der Waals surface area contributed by atoms with Crippen molar-refractivity contribution >= 4 is 5.78 Å².